The highest BCUT2D eigenvalue weighted by Crippen LogP contribution is 2.39. The number of nitrogens with zero attached hydrogens (tertiary/aromatic N) is 2. The van der Waals surface area contributed by atoms with E-state index in [0.29, 0.717) is 40.4 Å². The number of pyridine rings is 1. The lowest BCUT2D eigenvalue weighted by Crippen LogP contribution is -2.50. The Morgan fingerprint density at radius 1 is 1.03 bits per heavy atom. The Morgan fingerprint density at radius 3 is 2.31 bits per heavy atom. The number of nitrogens with two attached hydrogens (primary N) is 1. The van der Waals surface area contributed by atoms with E-state index < -0.39 is 5.91 Å². The summed E-state index contributed by atoms with van der Waals surface area (Å²) in [6, 6.07) is 9.57. The largest absolute Gasteiger partial charge is 0.384 e. The van der Waals surface area contributed by atoms with E-state index in [-0.39, 0.29) is 23.7 Å². The third kappa shape index (κ3) is 5.08. The number of amides is 2. The maximum atomic E-state index is 13.1. The number of hydrogen-bond donors (Lipinski definition) is 3. The molecule has 1 aliphatic carbocycles. The summed E-state index contributed by atoms with van der Waals surface area (Å²) < 4.78 is 0. The molecule has 2 bridgehead atoms. The molecule has 2 saturated heterocycles. The minimum Gasteiger partial charge on any atom is -0.384 e. The quantitative estimate of drug-likeness (QED) is 0.462. The van der Waals surface area contributed by atoms with Crippen LogP contribution in [0.2, 0.25) is 0 Å². The minimum absolute atomic E-state index is 0.0507. The Balaban J connectivity index is 1.24. The first-order valence-corrected chi connectivity index (χ1v) is 13.1. The van der Waals surface area contributed by atoms with Crippen molar-refractivity contribution in [3.05, 3.63) is 53.2 Å². The molecular formula is C28H35N5O3. The molecule has 36 heavy (non-hydrogen) atoms. The van der Waals surface area contributed by atoms with Gasteiger partial charge in [-0.05, 0) is 74.8 Å². The van der Waals surface area contributed by atoms with E-state index in [1.54, 1.807) is 24.4 Å². The van der Waals surface area contributed by atoms with Crippen LogP contribution < -0.4 is 21.3 Å². The number of anilines is 2. The molecule has 2 amide bonds. The number of hydrogen-bond acceptors (Lipinski definition) is 6. The lowest BCUT2D eigenvalue weighted by Gasteiger charge is -2.40. The second kappa shape index (κ2) is 9.91. The lowest BCUT2D eigenvalue weighted by molar-refractivity contribution is 0.0922. The van der Waals surface area contributed by atoms with Crippen molar-refractivity contribution in [2.24, 2.45) is 17.6 Å². The highest BCUT2D eigenvalue weighted by atomic mass is 16.2. The van der Waals surface area contributed by atoms with E-state index >= 15 is 0 Å². The molecule has 0 spiro atoms. The molecule has 3 aliphatic rings. The van der Waals surface area contributed by atoms with Crippen molar-refractivity contribution in [1.82, 2.24) is 10.3 Å². The average molecular weight is 490 g/mol. The van der Waals surface area contributed by atoms with Crippen molar-refractivity contribution in [2.45, 2.75) is 70.5 Å². The third-order valence-electron chi connectivity index (χ3n) is 7.71. The molecule has 2 aromatic rings. The number of nitrogens with one attached hydrogen (secondary N) is 2. The number of aromatic nitrogens is 1. The maximum Gasteiger partial charge on any atom is 0.251 e. The summed E-state index contributed by atoms with van der Waals surface area (Å²) in [5.41, 5.74) is 7.75. The standard InChI is InChI=1S/C28H35N5O3/c1-16(2)26(34)19-6-10-25(31-15-19)33-21-7-8-22(33)13-20(12-21)32-28(36)18-5-9-23(27(29)35)24(11-18)30-14-17-3-4-17/h5-6,9-11,15-17,20-22,30H,3-4,7-8,12-14H2,1-2H3,(H2,29,35)(H,32,36). The zero-order valence-electron chi connectivity index (χ0n) is 21.0. The first-order chi connectivity index (χ1) is 17.3. The molecule has 5 rings (SSSR count). The summed E-state index contributed by atoms with van der Waals surface area (Å²) >= 11 is 0. The number of piperidine rings is 1. The van der Waals surface area contributed by atoms with Crippen LogP contribution in [0.25, 0.3) is 0 Å². The Labute approximate surface area is 212 Å². The smallest absolute Gasteiger partial charge is 0.251 e. The van der Waals surface area contributed by atoms with Gasteiger partial charge in [-0.2, -0.15) is 0 Å². The SMILES string of the molecule is CC(C)C(=O)c1ccc(N2C3CCC2CC(NC(=O)c2ccc(C(N)=O)c(NCC4CC4)c2)C3)nc1. The molecule has 1 aromatic carbocycles. The van der Waals surface area contributed by atoms with Crippen LogP contribution in [0.15, 0.2) is 36.5 Å². The number of fused-ring (bicyclic) bond motifs is 2. The van der Waals surface area contributed by atoms with E-state index in [4.69, 9.17) is 5.73 Å². The summed E-state index contributed by atoms with van der Waals surface area (Å²) in [4.78, 5) is 44.2. The molecule has 1 saturated carbocycles. The predicted molar refractivity (Wildman–Crippen MR) is 139 cm³/mol. The first kappa shape index (κ1) is 24.3. The zero-order chi connectivity index (χ0) is 25.4. The van der Waals surface area contributed by atoms with Crippen LogP contribution in [0.4, 0.5) is 11.5 Å². The van der Waals surface area contributed by atoms with Crippen LogP contribution in [-0.2, 0) is 0 Å². The molecule has 8 nitrogen and oxygen atoms in total. The Morgan fingerprint density at radius 2 is 1.72 bits per heavy atom. The highest BCUT2D eigenvalue weighted by molar-refractivity contribution is 6.02. The summed E-state index contributed by atoms with van der Waals surface area (Å²) in [6.07, 6.45) is 7.90. The number of Topliss-reactive ketones (excluding diaryl/α,β-unsaturated/α-hetero) is 1. The molecule has 4 N–H and O–H groups in total. The number of rotatable bonds is 9. The Hall–Kier alpha value is -3.42. The molecule has 0 radical (unpaired) electrons. The molecule has 2 atom stereocenters. The van der Waals surface area contributed by atoms with Gasteiger partial charge in [0.05, 0.1) is 5.56 Å². The maximum absolute atomic E-state index is 13.1. The van der Waals surface area contributed by atoms with Crippen LogP contribution in [-0.4, -0.2) is 47.3 Å². The van der Waals surface area contributed by atoms with Gasteiger partial charge in [-0.15, -0.1) is 0 Å². The van der Waals surface area contributed by atoms with Crippen molar-refractivity contribution in [1.29, 1.82) is 0 Å². The molecule has 2 aliphatic heterocycles. The fourth-order valence-electron chi connectivity index (χ4n) is 5.58. The average Bonchev–Trinajstić information content (AvgIpc) is 3.65. The van der Waals surface area contributed by atoms with Gasteiger partial charge >= 0.3 is 0 Å². The summed E-state index contributed by atoms with van der Waals surface area (Å²) in [5, 5.41) is 6.53. The van der Waals surface area contributed by atoms with E-state index in [9.17, 15) is 14.4 Å². The van der Waals surface area contributed by atoms with Crippen molar-refractivity contribution < 1.29 is 14.4 Å². The molecule has 3 heterocycles. The second-order valence-electron chi connectivity index (χ2n) is 10.8. The fourth-order valence-corrected chi connectivity index (χ4v) is 5.58. The lowest BCUT2D eigenvalue weighted by atomic mass is 9.96. The molecule has 190 valence electrons. The minimum atomic E-state index is -0.501. The predicted octanol–water partition coefficient (Wildman–Crippen LogP) is 3.77. The number of primary amides is 1. The molecule has 1 aromatic heterocycles. The van der Waals surface area contributed by atoms with Crippen molar-refractivity contribution in [3.63, 3.8) is 0 Å². The number of carbonyl (C=O) groups excluding carboxylic acids is 3. The van der Waals surface area contributed by atoms with Gasteiger partial charge in [0.1, 0.15) is 5.82 Å². The van der Waals surface area contributed by atoms with E-state index in [2.05, 4.69) is 20.5 Å². The number of carbonyl (C=O) groups is 3. The zero-order valence-corrected chi connectivity index (χ0v) is 21.0. The van der Waals surface area contributed by atoms with E-state index in [0.717, 1.165) is 38.0 Å². The van der Waals surface area contributed by atoms with Gasteiger partial charge in [-0.1, -0.05) is 13.8 Å². The summed E-state index contributed by atoms with van der Waals surface area (Å²) in [6.45, 7) is 4.58. The Kier molecular flexibility index (Phi) is 6.69. The molecule has 8 heteroatoms. The summed E-state index contributed by atoms with van der Waals surface area (Å²) in [7, 11) is 0. The summed E-state index contributed by atoms with van der Waals surface area (Å²) in [5.74, 6) is 0.956. The highest BCUT2D eigenvalue weighted by Gasteiger charge is 2.42. The van der Waals surface area contributed by atoms with Crippen LogP contribution in [0.5, 0.6) is 0 Å². The van der Waals surface area contributed by atoms with Gasteiger partial charge in [0.2, 0.25) is 0 Å². The van der Waals surface area contributed by atoms with E-state index in [1.165, 1.54) is 12.8 Å². The van der Waals surface area contributed by atoms with Crippen LogP contribution >= 0.6 is 0 Å². The van der Waals surface area contributed by atoms with Gasteiger partial charge in [0, 0.05) is 53.6 Å². The normalized spacial score (nSPS) is 23.0. The van der Waals surface area contributed by atoms with Gasteiger partial charge in [0.15, 0.2) is 5.78 Å². The van der Waals surface area contributed by atoms with Crippen LogP contribution in [0.1, 0.15) is 83.4 Å². The topological polar surface area (TPSA) is 117 Å². The molecule has 3 fully saturated rings. The van der Waals surface area contributed by atoms with E-state index in [1.807, 2.05) is 26.0 Å². The molecular weight excluding hydrogens is 454 g/mol. The fraction of sp³-hybridized carbons (Fsp3) is 0.500. The third-order valence-corrected chi connectivity index (χ3v) is 7.71. The number of ketones is 1. The monoisotopic (exact) mass is 489 g/mol. The van der Waals surface area contributed by atoms with Crippen molar-refractivity contribution in [2.75, 3.05) is 16.8 Å². The van der Waals surface area contributed by atoms with Crippen LogP contribution in [0, 0.1) is 11.8 Å². The van der Waals surface area contributed by atoms with Crippen molar-refractivity contribution >= 4 is 29.1 Å². The van der Waals surface area contributed by atoms with Crippen molar-refractivity contribution in [3.8, 4) is 0 Å². The van der Waals surface area contributed by atoms with Gasteiger partial charge < -0.3 is 21.3 Å². The van der Waals surface area contributed by atoms with Gasteiger partial charge in [-0.3, -0.25) is 14.4 Å². The van der Waals surface area contributed by atoms with Crippen LogP contribution in [0.3, 0.4) is 0 Å². The molecule has 2 unspecified atom stereocenters. The first-order valence-electron chi connectivity index (χ1n) is 13.1. The van der Waals surface area contributed by atoms with Gasteiger partial charge in [-0.25, -0.2) is 4.98 Å². The van der Waals surface area contributed by atoms with Gasteiger partial charge in [0.25, 0.3) is 11.8 Å². The Bertz CT molecular complexity index is 1140. The second-order valence-corrected chi connectivity index (χ2v) is 10.8. The number of benzene rings is 1.